The second-order valence-electron chi connectivity index (χ2n) is 4.99. The van der Waals surface area contributed by atoms with Crippen LogP contribution in [0.15, 0.2) is 9.32 Å². The van der Waals surface area contributed by atoms with Crippen molar-refractivity contribution in [1.82, 2.24) is 10.6 Å². The molecule has 2 N–H and O–H groups in total. The summed E-state index contributed by atoms with van der Waals surface area (Å²) in [4.78, 5) is 11.4. The number of hydrogen-bond acceptors (Lipinski definition) is 3. The molecule has 1 rings (SSSR count). The van der Waals surface area contributed by atoms with Gasteiger partial charge in [-0.15, -0.1) is 0 Å². The predicted molar refractivity (Wildman–Crippen MR) is 56.5 cm³/mol. The molecule has 0 aliphatic carbocycles. The van der Waals surface area contributed by atoms with Crippen LogP contribution in [0, 0.1) is 0 Å². The van der Waals surface area contributed by atoms with Crippen LogP contribution in [0.2, 0.25) is 0 Å². The molecule has 0 aliphatic rings. The van der Waals surface area contributed by atoms with Crippen LogP contribution >= 0.6 is 0 Å². The van der Waals surface area contributed by atoms with Crippen LogP contribution in [0.4, 0.5) is 0 Å². The van der Waals surface area contributed by atoms with Gasteiger partial charge in [0, 0.05) is 5.54 Å². The highest BCUT2D eigenvalue weighted by atomic mass is 16.5. The van der Waals surface area contributed by atoms with E-state index in [9.17, 15) is 4.79 Å². The maximum atomic E-state index is 11.4. The Balaban J connectivity index is 2.84. The first-order valence-corrected chi connectivity index (χ1v) is 5.18. The second kappa shape index (κ2) is 4.18. The fourth-order valence-corrected chi connectivity index (χ4v) is 1.23. The monoisotopic (exact) mass is 214 g/mol. The first-order valence-electron chi connectivity index (χ1n) is 5.18. The summed E-state index contributed by atoms with van der Waals surface area (Å²) in [5, 5.41) is 5.86. The number of rotatable bonds is 3. The lowest BCUT2D eigenvalue weighted by molar-refractivity contribution is -0.785. The first-order chi connectivity index (χ1) is 6.81. The summed E-state index contributed by atoms with van der Waals surface area (Å²) in [5.74, 6) is 0. The van der Waals surface area contributed by atoms with E-state index in [2.05, 4.69) is 31.4 Å². The lowest BCUT2D eigenvalue weighted by Gasteiger charge is -2.18. The molecule has 5 heteroatoms. The largest absolute Gasteiger partial charge is 0.431 e. The summed E-state index contributed by atoms with van der Waals surface area (Å²) >= 11 is 0. The van der Waals surface area contributed by atoms with Gasteiger partial charge in [0.25, 0.3) is 0 Å². The molecular formula is C10H20N3O2+. The van der Waals surface area contributed by atoms with Crippen molar-refractivity contribution < 1.29 is 9.20 Å². The predicted octanol–water partition coefficient (Wildman–Crippen LogP) is 0.724. The standard InChI is InChI=1S/C10H19N3O2/c1-7(2)13-8(9(14)15-12-13)6-11-10(3,4)5/h7,11H,6H2,1-5H3/p+1. The van der Waals surface area contributed by atoms with Crippen LogP contribution in [0.3, 0.4) is 0 Å². The van der Waals surface area contributed by atoms with Gasteiger partial charge < -0.3 is 5.32 Å². The maximum absolute atomic E-state index is 11.4. The maximum Gasteiger partial charge on any atom is 0.431 e. The Hall–Kier alpha value is -1.10. The van der Waals surface area contributed by atoms with E-state index < -0.39 is 0 Å². The molecule has 15 heavy (non-hydrogen) atoms. The van der Waals surface area contributed by atoms with E-state index >= 15 is 0 Å². The Morgan fingerprint density at radius 2 is 2.07 bits per heavy atom. The minimum atomic E-state index is -0.305. The first kappa shape index (κ1) is 12.0. The number of aromatic nitrogens is 2. The van der Waals surface area contributed by atoms with E-state index in [0.717, 1.165) is 0 Å². The molecule has 0 fully saturated rings. The molecule has 0 saturated carbocycles. The second-order valence-corrected chi connectivity index (χ2v) is 4.99. The van der Waals surface area contributed by atoms with Crippen molar-refractivity contribution >= 4 is 0 Å². The average molecular weight is 214 g/mol. The molecule has 1 aromatic heterocycles. The number of aromatic amines is 1. The molecule has 0 radical (unpaired) electrons. The van der Waals surface area contributed by atoms with Gasteiger partial charge in [-0.25, -0.2) is 4.79 Å². The third-order valence-electron chi connectivity index (χ3n) is 2.07. The van der Waals surface area contributed by atoms with Crippen LogP contribution in [-0.2, 0) is 6.54 Å². The van der Waals surface area contributed by atoms with Crippen LogP contribution in [-0.4, -0.2) is 10.8 Å². The Bertz CT molecular complexity index is 371. The van der Waals surface area contributed by atoms with Gasteiger partial charge in [0.1, 0.15) is 0 Å². The van der Waals surface area contributed by atoms with E-state index in [1.54, 1.807) is 4.68 Å². The van der Waals surface area contributed by atoms with Crippen molar-refractivity contribution in [3.63, 3.8) is 0 Å². The summed E-state index contributed by atoms with van der Waals surface area (Å²) in [7, 11) is 0. The number of H-pyrrole nitrogens is 1. The highest BCUT2D eigenvalue weighted by molar-refractivity contribution is 4.85. The third kappa shape index (κ3) is 3.20. The van der Waals surface area contributed by atoms with Gasteiger partial charge in [-0.3, -0.25) is 4.52 Å². The topological polar surface area (TPSA) is 61.9 Å². The Morgan fingerprint density at radius 3 is 2.53 bits per heavy atom. The number of nitrogens with zero attached hydrogens (tertiary/aromatic N) is 1. The van der Waals surface area contributed by atoms with Gasteiger partial charge in [-0.1, -0.05) is 4.68 Å². The fourth-order valence-electron chi connectivity index (χ4n) is 1.23. The molecule has 0 saturated heterocycles. The molecule has 86 valence electrons. The molecule has 5 nitrogen and oxygen atoms in total. The highest BCUT2D eigenvalue weighted by Crippen LogP contribution is 2.00. The Morgan fingerprint density at radius 1 is 1.47 bits per heavy atom. The average Bonchev–Trinajstić information content (AvgIpc) is 2.42. The van der Waals surface area contributed by atoms with Gasteiger partial charge in [0.2, 0.25) is 0 Å². The van der Waals surface area contributed by atoms with Crippen molar-refractivity contribution in [2.75, 3.05) is 0 Å². The fraction of sp³-hybridized carbons (Fsp3) is 0.800. The van der Waals surface area contributed by atoms with Gasteiger partial charge in [0.15, 0.2) is 6.04 Å². The summed E-state index contributed by atoms with van der Waals surface area (Å²) < 4.78 is 6.50. The van der Waals surface area contributed by atoms with E-state index in [4.69, 9.17) is 4.52 Å². The van der Waals surface area contributed by atoms with E-state index in [1.165, 1.54) is 0 Å². The van der Waals surface area contributed by atoms with Crippen molar-refractivity contribution in [2.24, 2.45) is 0 Å². The lowest BCUT2D eigenvalue weighted by atomic mass is 10.1. The molecular weight excluding hydrogens is 194 g/mol. The van der Waals surface area contributed by atoms with E-state index in [-0.39, 0.29) is 17.2 Å². The highest BCUT2D eigenvalue weighted by Gasteiger charge is 2.24. The summed E-state index contributed by atoms with van der Waals surface area (Å²) in [6, 6.07) is 0.188. The van der Waals surface area contributed by atoms with Crippen molar-refractivity contribution in [1.29, 1.82) is 0 Å². The summed E-state index contributed by atoms with van der Waals surface area (Å²) in [5.41, 5.74) is 0.304. The Labute approximate surface area is 89.4 Å². The number of nitrogens with one attached hydrogen (secondary N) is 2. The van der Waals surface area contributed by atoms with Crippen LogP contribution in [0.1, 0.15) is 46.4 Å². The molecule has 1 aromatic rings. The van der Waals surface area contributed by atoms with E-state index in [0.29, 0.717) is 12.2 Å². The van der Waals surface area contributed by atoms with E-state index in [1.807, 2.05) is 13.8 Å². The smallest absolute Gasteiger partial charge is 0.302 e. The van der Waals surface area contributed by atoms with Crippen LogP contribution in [0.5, 0.6) is 0 Å². The molecule has 0 spiro atoms. The van der Waals surface area contributed by atoms with Crippen LogP contribution < -0.4 is 15.6 Å². The van der Waals surface area contributed by atoms with Crippen molar-refractivity contribution in [2.45, 2.75) is 52.7 Å². The third-order valence-corrected chi connectivity index (χ3v) is 2.07. The number of hydrogen-bond donors (Lipinski definition) is 2. The molecule has 1 heterocycles. The lowest BCUT2D eigenvalue weighted by Crippen LogP contribution is -2.47. The van der Waals surface area contributed by atoms with Gasteiger partial charge in [-0.05, 0) is 39.9 Å². The quantitative estimate of drug-likeness (QED) is 0.729. The molecule has 0 amide bonds. The van der Waals surface area contributed by atoms with Crippen molar-refractivity contribution in [3.8, 4) is 0 Å². The minimum absolute atomic E-state index is 0.0154. The zero-order valence-electron chi connectivity index (χ0n) is 10.0. The van der Waals surface area contributed by atoms with Gasteiger partial charge in [-0.2, -0.15) is 0 Å². The molecule has 0 unspecified atom stereocenters. The molecule has 0 aromatic carbocycles. The zero-order valence-corrected chi connectivity index (χ0v) is 10.0. The minimum Gasteiger partial charge on any atom is -0.302 e. The molecule has 0 atom stereocenters. The molecule has 0 bridgehead atoms. The summed E-state index contributed by atoms with van der Waals surface area (Å²) in [6.07, 6.45) is 0. The molecule has 0 aliphatic heterocycles. The normalized spacial score (nSPS) is 12.4. The van der Waals surface area contributed by atoms with Gasteiger partial charge >= 0.3 is 11.3 Å². The zero-order chi connectivity index (χ0) is 11.6. The van der Waals surface area contributed by atoms with Crippen molar-refractivity contribution in [3.05, 3.63) is 16.1 Å². The Kier molecular flexibility index (Phi) is 3.34. The van der Waals surface area contributed by atoms with Crippen LogP contribution in [0.25, 0.3) is 0 Å². The van der Waals surface area contributed by atoms with Gasteiger partial charge in [0.05, 0.1) is 6.54 Å². The summed E-state index contributed by atoms with van der Waals surface area (Å²) in [6.45, 7) is 10.7. The SMILES string of the molecule is CC(C)[n+]1[nH]oc(=O)c1CNC(C)(C)C.